The molecule has 0 aliphatic carbocycles. The van der Waals surface area contributed by atoms with E-state index < -0.39 is 0 Å². The Morgan fingerprint density at radius 1 is 1.43 bits per heavy atom. The van der Waals surface area contributed by atoms with E-state index in [1.807, 2.05) is 23.9 Å². The minimum Gasteiger partial charge on any atom is -0.308 e. The maximum Gasteiger partial charge on any atom is 0.136 e. The predicted molar refractivity (Wildman–Crippen MR) is 89.1 cm³/mol. The van der Waals surface area contributed by atoms with Gasteiger partial charge in [0.25, 0.3) is 0 Å². The lowest BCUT2D eigenvalue weighted by molar-refractivity contribution is 0.532. The molecular weight excluding hydrogens is 353 g/mol. The molecule has 1 aromatic carbocycles. The van der Waals surface area contributed by atoms with E-state index in [4.69, 9.17) is 0 Å². The summed E-state index contributed by atoms with van der Waals surface area (Å²) in [5, 5.41) is 7.77. The maximum absolute atomic E-state index is 13.7. The van der Waals surface area contributed by atoms with Gasteiger partial charge in [-0.3, -0.25) is 4.68 Å². The van der Waals surface area contributed by atoms with Crippen molar-refractivity contribution in [3.63, 3.8) is 0 Å². The van der Waals surface area contributed by atoms with E-state index in [1.165, 1.54) is 17.8 Å². The van der Waals surface area contributed by atoms with E-state index >= 15 is 0 Å². The van der Waals surface area contributed by atoms with E-state index in [1.54, 1.807) is 12.3 Å². The molecule has 1 unspecified atom stereocenters. The summed E-state index contributed by atoms with van der Waals surface area (Å²) in [6.45, 7) is 3.05. The molecule has 0 spiro atoms. The summed E-state index contributed by atoms with van der Waals surface area (Å²) in [5.74, 6) is 0.583. The number of aryl methyl sites for hydroxylation is 1. The number of benzene rings is 1. The van der Waals surface area contributed by atoms with Crippen LogP contribution in [0.3, 0.4) is 0 Å². The minimum absolute atomic E-state index is 0.122. The number of hydrogen-bond donors (Lipinski definition) is 1. The number of nitrogens with zero attached hydrogens (tertiary/aromatic N) is 2. The van der Waals surface area contributed by atoms with Crippen LogP contribution in [-0.4, -0.2) is 22.1 Å². The molecule has 2 rings (SSSR count). The molecule has 6 heteroatoms. The Morgan fingerprint density at radius 2 is 2.19 bits per heavy atom. The van der Waals surface area contributed by atoms with Crippen molar-refractivity contribution in [2.75, 3.05) is 12.3 Å². The molecule has 1 aromatic heterocycles. The van der Waals surface area contributed by atoms with Gasteiger partial charge in [-0.05, 0) is 41.0 Å². The second-order valence-corrected chi connectivity index (χ2v) is 6.67. The summed E-state index contributed by atoms with van der Waals surface area (Å²) >= 11 is 5.07. The molecule has 0 aliphatic rings. The van der Waals surface area contributed by atoms with Gasteiger partial charge in [-0.1, -0.05) is 19.1 Å². The summed E-state index contributed by atoms with van der Waals surface area (Å²) in [6, 6.07) is 7.01. The van der Waals surface area contributed by atoms with Gasteiger partial charge in [0.2, 0.25) is 0 Å². The Labute approximate surface area is 137 Å². The highest BCUT2D eigenvalue weighted by molar-refractivity contribution is 9.10. The van der Waals surface area contributed by atoms with Crippen LogP contribution in [-0.2, 0) is 7.05 Å². The molecule has 0 amide bonds. The molecule has 1 atom stereocenters. The van der Waals surface area contributed by atoms with Gasteiger partial charge in [-0.15, -0.1) is 11.8 Å². The van der Waals surface area contributed by atoms with Gasteiger partial charge in [0.15, 0.2) is 0 Å². The van der Waals surface area contributed by atoms with Crippen LogP contribution in [0.1, 0.15) is 25.1 Å². The third kappa shape index (κ3) is 4.31. The zero-order valence-electron chi connectivity index (χ0n) is 12.1. The fourth-order valence-electron chi connectivity index (χ4n) is 2.10. The van der Waals surface area contributed by atoms with E-state index in [0.717, 1.165) is 28.9 Å². The van der Waals surface area contributed by atoms with Crippen LogP contribution in [0.25, 0.3) is 0 Å². The molecule has 21 heavy (non-hydrogen) atoms. The Hall–Kier alpha value is -0.850. The molecule has 3 nitrogen and oxygen atoms in total. The first-order valence-electron chi connectivity index (χ1n) is 6.91. The van der Waals surface area contributed by atoms with E-state index in [0.29, 0.717) is 4.90 Å². The normalized spacial score (nSPS) is 12.6. The van der Waals surface area contributed by atoms with Gasteiger partial charge >= 0.3 is 0 Å². The van der Waals surface area contributed by atoms with Gasteiger partial charge in [0.05, 0.1) is 22.4 Å². The van der Waals surface area contributed by atoms with Gasteiger partial charge in [-0.2, -0.15) is 5.10 Å². The molecule has 114 valence electrons. The molecule has 0 radical (unpaired) electrons. The third-order valence-electron chi connectivity index (χ3n) is 3.15. The predicted octanol–water partition coefficient (Wildman–Crippen LogP) is 4.15. The number of hydrogen-bond acceptors (Lipinski definition) is 3. The summed E-state index contributed by atoms with van der Waals surface area (Å²) in [6.07, 6.45) is 2.85. The SMILES string of the molecule is CCCNC(CSc1ccccc1F)c1c(Br)cnn1C. The first-order chi connectivity index (χ1) is 10.1. The van der Waals surface area contributed by atoms with Crippen molar-refractivity contribution in [2.45, 2.75) is 24.3 Å². The van der Waals surface area contributed by atoms with E-state index in [-0.39, 0.29) is 11.9 Å². The summed E-state index contributed by atoms with van der Waals surface area (Å²) in [5.41, 5.74) is 1.09. The van der Waals surface area contributed by atoms with E-state index in [9.17, 15) is 4.39 Å². The second-order valence-electron chi connectivity index (χ2n) is 4.75. The first-order valence-corrected chi connectivity index (χ1v) is 8.69. The van der Waals surface area contributed by atoms with Gasteiger partial charge in [0, 0.05) is 17.7 Å². The second kappa shape index (κ2) is 7.96. The molecule has 0 fully saturated rings. The number of thioether (sulfide) groups is 1. The highest BCUT2D eigenvalue weighted by Crippen LogP contribution is 2.29. The largest absolute Gasteiger partial charge is 0.308 e. The van der Waals surface area contributed by atoms with Gasteiger partial charge in [0.1, 0.15) is 5.82 Å². The van der Waals surface area contributed by atoms with Crippen LogP contribution in [0.5, 0.6) is 0 Å². The average molecular weight is 372 g/mol. The van der Waals surface area contributed by atoms with Gasteiger partial charge in [-0.25, -0.2) is 4.39 Å². The lowest BCUT2D eigenvalue weighted by Gasteiger charge is -2.19. The fraction of sp³-hybridized carbons (Fsp3) is 0.400. The monoisotopic (exact) mass is 371 g/mol. The standard InChI is InChI=1S/C15H19BrFN3S/c1-3-8-18-13(15-11(16)9-19-20(15)2)10-21-14-7-5-4-6-12(14)17/h4-7,9,13,18H,3,8,10H2,1-2H3. The number of aromatic nitrogens is 2. The van der Waals surface area contributed by atoms with Crippen LogP contribution in [0.15, 0.2) is 39.8 Å². The van der Waals surface area contributed by atoms with Crippen LogP contribution in [0.2, 0.25) is 0 Å². The van der Waals surface area contributed by atoms with Crippen molar-refractivity contribution >= 4 is 27.7 Å². The Bertz CT molecular complexity index is 569. The zero-order chi connectivity index (χ0) is 15.2. The quantitative estimate of drug-likeness (QED) is 0.741. The van der Waals surface area contributed by atoms with Crippen LogP contribution in [0, 0.1) is 5.82 Å². The summed E-state index contributed by atoms with van der Waals surface area (Å²) in [4.78, 5) is 0.680. The van der Waals surface area contributed by atoms with Gasteiger partial charge < -0.3 is 5.32 Å². The fourth-order valence-corrected chi connectivity index (χ4v) is 3.73. The zero-order valence-corrected chi connectivity index (χ0v) is 14.5. The van der Waals surface area contributed by atoms with Crippen molar-refractivity contribution in [2.24, 2.45) is 7.05 Å². The Morgan fingerprint density at radius 3 is 2.81 bits per heavy atom. The maximum atomic E-state index is 13.7. The van der Waals surface area contributed by atoms with Crippen molar-refractivity contribution in [3.05, 3.63) is 46.4 Å². The number of rotatable bonds is 7. The smallest absolute Gasteiger partial charge is 0.136 e. The molecule has 1 heterocycles. The Kier molecular flexibility index (Phi) is 6.26. The molecule has 2 aromatic rings. The molecule has 0 saturated carbocycles. The highest BCUT2D eigenvalue weighted by Gasteiger charge is 2.19. The van der Waals surface area contributed by atoms with E-state index in [2.05, 4.69) is 33.3 Å². The van der Waals surface area contributed by atoms with Crippen molar-refractivity contribution < 1.29 is 4.39 Å². The molecule has 1 N–H and O–H groups in total. The lowest BCUT2D eigenvalue weighted by atomic mass is 10.2. The molecule has 0 aliphatic heterocycles. The number of nitrogens with one attached hydrogen (secondary N) is 1. The van der Waals surface area contributed by atoms with Crippen LogP contribution in [0.4, 0.5) is 4.39 Å². The summed E-state index contributed by atoms with van der Waals surface area (Å²) in [7, 11) is 1.93. The van der Waals surface area contributed by atoms with Crippen molar-refractivity contribution in [1.82, 2.24) is 15.1 Å². The third-order valence-corrected chi connectivity index (χ3v) is 4.90. The molecule has 0 bridgehead atoms. The topological polar surface area (TPSA) is 29.9 Å². The highest BCUT2D eigenvalue weighted by atomic mass is 79.9. The molecular formula is C15H19BrFN3S. The minimum atomic E-state index is -0.166. The lowest BCUT2D eigenvalue weighted by Crippen LogP contribution is -2.26. The average Bonchev–Trinajstić information content (AvgIpc) is 2.81. The first kappa shape index (κ1) is 16.5. The summed E-state index contributed by atoms with van der Waals surface area (Å²) < 4.78 is 16.6. The molecule has 0 saturated heterocycles. The van der Waals surface area contributed by atoms with Crippen molar-refractivity contribution in [1.29, 1.82) is 0 Å². The van der Waals surface area contributed by atoms with Crippen LogP contribution < -0.4 is 5.32 Å². The Balaban J connectivity index is 2.12. The van der Waals surface area contributed by atoms with Crippen molar-refractivity contribution in [3.8, 4) is 0 Å². The number of halogens is 2. The van der Waals surface area contributed by atoms with Crippen LogP contribution >= 0.6 is 27.7 Å².